The third-order valence-electron chi connectivity index (χ3n) is 5.35. The van der Waals surface area contributed by atoms with Gasteiger partial charge in [0.15, 0.2) is 0 Å². The summed E-state index contributed by atoms with van der Waals surface area (Å²) in [5, 5.41) is 3.87. The fraction of sp³-hybridized carbons (Fsp3) is 0.786. The number of hydrogen-bond acceptors (Lipinski definition) is 3. The molecule has 3 fully saturated rings. The first kappa shape index (κ1) is 10.5. The van der Waals surface area contributed by atoms with E-state index >= 15 is 0 Å². The van der Waals surface area contributed by atoms with Crippen molar-refractivity contribution in [3.8, 4) is 0 Å². The summed E-state index contributed by atoms with van der Waals surface area (Å²) >= 11 is 1.80. The second-order valence-corrected chi connectivity index (χ2v) is 7.09. The molecule has 2 bridgehead atoms. The first-order chi connectivity index (χ1) is 8.25. The normalized spacial score (nSPS) is 43.8. The average molecular weight is 248 g/mol. The number of aromatic nitrogens is 1. The van der Waals surface area contributed by atoms with Gasteiger partial charge >= 0.3 is 0 Å². The molecular formula is C14H20N2S. The zero-order chi connectivity index (χ0) is 11.6. The molecule has 0 spiro atoms. The lowest BCUT2D eigenvalue weighted by atomic mass is 10.0. The van der Waals surface area contributed by atoms with E-state index in [9.17, 15) is 0 Å². The smallest absolute Gasteiger partial charge is 0.0798 e. The van der Waals surface area contributed by atoms with Gasteiger partial charge in [0, 0.05) is 17.0 Å². The van der Waals surface area contributed by atoms with Gasteiger partial charge in [0.05, 0.1) is 11.2 Å². The quantitative estimate of drug-likeness (QED) is 0.889. The van der Waals surface area contributed by atoms with Gasteiger partial charge in [-0.3, -0.25) is 0 Å². The van der Waals surface area contributed by atoms with Crippen LogP contribution in [0.4, 0.5) is 0 Å². The number of aryl methyl sites for hydroxylation is 1. The van der Waals surface area contributed by atoms with Gasteiger partial charge in [-0.25, -0.2) is 4.98 Å². The van der Waals surface area contributed by atoms with E-state index in [-0.39, 0.29) is 0 Å². The molecule has 0 amide bonds. The molecule has 5 atom stereocenters. The number of hydrogen-bond donors (Lipinski definition) is 1. The lowest BCUT2D eigenvalue weighted by molar-refractivity contribution is 0.435. The van der Waals surface area contributed by atoms with Crippen molar-refractivity contribution < 1.29 is 0 Å². The number of nitrogens with one attached hydrogen (secondary N) is 1. The molecule has 3 saturated carbocycles. The summed E-state index contributed by atoms with van der Waals surface area (Å²) < 4.78 is 0. The molecule has 3 heteroatoms. The number of fused-ring (bicyclic) bond motifs is 5. The molecule has 3 aliphatic carbocycles. The van der Waals surface area contributed by atoms with Crippen LogP contribution < -0.4 is 5.32 Å². The van der Waals surface area contributed by atoms with Crippen molar-refractivity contribution in [2.75, 3.05) is 0 Å². The van der Waals surface area contributed by atoms with Crippen LogP contribution in [0.25, 0.3) is 0 Å². The van der Waals surface area contributed by atoms with E-state index in [1.54, 1.807) is 17.8 Å². The molecule has 3 aliphatic rings. The lowest BCUT2D eigenvalue weighted by Crippen LogP contribution is -2.26. The van der Waals surface area contributed by atoms with Crippen LogP contribution in [-0.4, -0.2) is 11.0 Å². The van der Waals surface area contributed by atoms with Gasteiger partial charge in [-0.1, -0.05) is 0 Å². The van der Waals surface area contributed by atoms with Crippen LogP contribution in [0.3, 0.4) is 0 Å². The van der Waals surface area contributed by atoms with Gasteiger partial charge in [-0.15, -0.1) is 11.3 Å². The standard InChI is InChI=1S/C14H20N2S/c1-7-14(17-6-15-7)8(2)16-13-11-9-3-4-10(5-9)12(11)13/h6,8-13,16H,3-5H2,1-2H3. The van der Waals surface area contributed by atoms with Crippen molar-refractivity contribution >= 4 is 11.3 Å². The minimum atomic E-state index is 0.498. The van der Waals surface area contributed by atoms with Crippen LogP contribution in [-0.2, 0) is 0 Å². The number of rotatable bonds is 3. The Morgan fingerprint density at radius 3 is 2.65 bits per heavy atom. The minimum Gasteiger partial charge on any atom is -0.306 e. The van der Waals surface area contributed by atoms with E-state index in [4.69, 9.17) is 0 Å². The predicted octanol–water partition coefficient (Wildman–Crippen LogP) is 3.15. The fourth-order valence-corrected chi connectivity index (χ4v) is 5.46. The van der Waals surface area contributed by atoms with Crippen molar-refractivity contribution in [1.82, 2.24) is 10.3 Å². The Bertz CT molecular complexity index is 425. The predicted molar refractivity (Wildman–Crippen MR) is 70.0 cm³/mol. The minimum absolute atomic E-state index is 0.498. The van der Waals surface area contributed by atoms with Crippen molar-refractivity contribution in [2.45, 2.75) is 45.2 Å². The van der Waals surface area contributed by atoms with Crippen LogP contribution in [0.15, 0.2) is 5.51 Å². The molecule has 17 heavy (non-hydrogen) atoms. The molecule has 1 N–H and O–H groups in total. The molecule has 2 nitrogen and oxygen atoms in total. The van der Waals surface area contributed by atoms with Crippen molar-refractivity contribution in [2.24, 2.45) is 23.7 Å². The fourth-order valence-electron chi connectivity index (χ4n) is 4.64. The van der Waals surface area contributed by atoms with E-state index in [1.807, 2.05) is 5.51 Å². The molecule has 1 heterocycles. The SMILES string of the molecule is Cc1ncsc1C(C)NC1C2C3CCC(C3)C12. The Balaban J connectivity index is 1.45. The van der Waals surface area contributed by atoms with Gasteiger partial charge in [0.2, 0.25) is 0 Å². The zero-order valence-corrected chi connectivity index (χ0v) is 11.3. The Labute approximate surface area is 107 Å². The van der Waals surface area contributed by atoms with Gasteiger partial charge in [0.25, 0.3) is 0 Å². The second kappa shape index (κ2) is 3.55. The van der Waals surface area contributed by atoms with Crippen LogP contribution in [0.1, 0.15) is 42.8 Å². The Kier molecular flexibility index (Phi) is 2.19. The monoisotopic (exact) mass is 248 g/mol. The van der Waals surface area contributed by atoms with E-state index in [1.165, 1.54) is 23.4 Å². The lowest BCUT2D eigenvalue weighted by Gasteiger charge is -2.16. The summed E-state index contributed by atoms with van der Waals surface area (Å²) in [4.78, 5) is 5.79. The molecular weight excluding hydrogens is 228 g/mol. The molecule has 1 aromatic rings. The van der Waals surface area contributed by atoms with Crippen molar-refractivity contribution in [3.63, 3.8) is 0 Å². The molecule has 0 radical (unpaired) electrons. The molecule has 4 rings (SSSR count). The highest BCUT2D eigenvalue weighted by atomic mass is 32.1. The summed E-state index contributed by atoms with van der Waals surface area (Å²) in [6.45, 7) is 4.43. The van der Waals surface area contributed by atoms with Gasteiger partial charge in [0.1, 0.15) is 0 Å². The first-order valence-electron chi connectivity index (χ1n) is 6.91. The van der Waals surface area contributed by atoms with Crippen LogP contribution in [0.5, 0.6) is 0 Å². The molecule has 0 aromatic carbocycles. The average Bonchev–Trinajstić information content (AvgIpc) is 2.76. The highest BCUT2D eigenvalue weighted by Crippen LogP contribution is 2.65. The van der Waals surface area contributed by atoms with Gasteiger partial charge in [-0.2, -0.15) is 0 Å². The maximum Gasteiger partial charge on any atom is 0.0798 e. The van der Waals surface area contributed by atoms with Crippen LogP contribution >= 0.6 is 11.3 Å². The van der Waals surface area contributed by atoms with Crippen molar-refractivity contribution in [1.29, 1.82) is 0 Å². The summed E-state index contributed by atoms with van der Waals surface area (Å²) in [5.41, 5.74) is 3.18. The summed E-state index contributed by atoms with van der Waals surface area (Å²) in [5.74, 6) is 4.20. The molecule has 1 aromatic heterocycles. The molecule has 0 aliphatic heterocycles. The van der Waals surface area contributed by atoms with Crippen molar-refractivity contribution in [3.05, 3.63) is 16.1 Å². The highest BCUT2D eigenvalue weighted by molar-refractivity contribution is 7.09. The van der Waals surface area contributed by atoms with E-state index in [0.29, 0.717) is 6.04 Å². The maximum atomic E-state index is 4.36. The zero-order valence-electron chi connectivity index (χ0n) is 10.5. The molecule has 92 valence electrons. The molecule has 0 saturated heterocycles. The summed E-state index contributed by atoms with van der Waals surface area (Å²) in [6, 6.07) is 1.33. The Hall–Kier alpha value is -0.410. The second-order valence-electron chi connectivity index (χ2n) is 6.20. The van der Waals surface area contributed by atoms with Crippen LogP contribution in [0, 0.1) is 30.6 Å². The third kappa shape index (κ3) is 1.45. The molecule has 5 unspecified atom stereocenters. The van der Waals surface area contributed by atoms with E-state index in [0.717, 1.165) is 29.7 Å². The number of nitrogens with zero attached hydrogens (tertiary/aromatic N) is 1. The Morgan fingerprint density at radius 2 is 2.06 bits per heavy atom. The summed E-state index contributed by atoms with van der Waals surface area (Å²) in [6.07, 6.45) is 4.57. The van der Waals surface area contributed by atoms with Gasteiger partial charge in [-0.05, 0) is 56.8 Å². The highest BCUT2D eigenvalue weighted by Gasteiger charge is 2.64. The van der Waals surface area contributed by atoms with E-state index < -0.39 is 0 Å². The first-order valence-corrected chi connectivity index (χ1v) is 7.79. The number of thiazole rings is 1. The largest absolute Gasteiger partial charge is 0.306 e. The topological polar surface area (TPSA) is 24.9 Å². The third-order valence-corrected chi connectivity index (χ3v) is 6.47. The van der Waals surface area contributed by atoms with Crippen LogP contribution in [0.2, 0.25) is 0 Å². The van der Waals surface area contributed by atoms with E-state index in [2.05, 4.69) is 24.1 Å². The maximum absolute atomic E-state index is 4.36. The summed E-state index contributed by atoms with van der Waals surface area (Å²) in [7, 11) is 0. The van der Waals surface area contributed by atoms with Gasteiger partial charge < -0.3 is 5.32 Å². The Morgan fingerprint density at radius 1 is 1.35 bits per heavy atom.